The molecule has 0 aromatic carbocycles. The lowest BCUT2D eigenvalue weighted by Gasteiger charge is -2.32. The number of piperidine rings is 1. The maximum atomic E-state index is 12.3. The standard InChI is InChI=1S/C18H27N5O2/c1-3-22(4-2)18(24)17-13-23(20-19-17)12-15-6-5-8-21(10-15)11-16-7-9-25-14-16/h7,9,13-15H,3-6,8,10-12H2,1-2H3. The van der Waals surface area contributed by atoms with Crippen molar-refractivity contribution in [3.8, 4) is 0 Å². The van der Waals surface area contributed by atoms with Crippen molar-refractivity contribution >= 4 is 5.91 Å². The number of nitrogens with zero attached hydrogens (tertiary/aromatic N) is 5. The van der Waals surface area contributed by atoms with Crippen molar-refractivity contribution in [1.82, 2.24) is 24.8 Å². The first kappa shape index (κ1) is 17.7. The van der Waals surface area contributed by atoms with Gasteiger partial charge in [0.15, 0.2) is 5.69 Å². The van der Waals surface area contributed by atoms with Gasteiger partial charge in [0.1, 0.15) is 0 Å². The van der Waals surface area contributed by atoms with Crippen LogP contribution in [-0.2, 0) is 13.1 Å². The average Bonchev–Trinajstić information content (AvgIpc) is 3.28. The normalized spacial score (nSPS) is 18.4. The van der Waals surface area contributed by atoms with Gasteiger partial charge in [0, 0.05) is 38.3 Å². The largest absolute Gasteiger partial charge is 0.472 e. The number of aromatic nitrogens is 3. The van der Waals surface area contributed by atoms with Gasteiger partial charge < -0.3 is 9.32 Å². The zero-order chi connectivity index (χ0) is 17.6. The quantitative estimate of drug-likeness (QED) is 0.770. The van der Waals surface area contributed by atoms with Crippen LogP contribution in [0.1, 0.15) is 42.7 Å². The van der Waals surface area contributed by atoms with Crippen LogP contribution < -0.4 is 0 Å². The summed E-state index contributed by atoms with van der Waals surface area (Å²) in [4.78, 5) is 16.6. The fourth-order valence-corrected chi connectivity index (χ4v) is 3.51. The highest BCUT2D eigenvalue weighted by Gasteiger charge is 2.22. The van der Waals surface area contributed by atoms with Crippen LogP contribution in [0.2, 0.25) is 0 Å². The van der Waals surface area contributed by atoms with E-state index in [0.29, 0.717) is 24.7 Å². The highest BCUT2D eigenvalue weighted by Crippen LogP contribution is 2.20. The van der Waals surface area contributed by atoms with E-state index in [-0.39, 0.29) is 5.91 Å². The summed E-state index contributed by atoms with van der Waals surface area (Å²) in [6.07, 6.45) is 7.69. The molecule has 1 atom stereocenters. The molecule has 25 heavy (non-hydrogen) atoms. The molecule has 0 bridgehead atoms. The maximum absolute atomic E-state index is 12.3. The van der Waals surface area contributed by atoms with Gasteiger partial charge in [-0.05, 0) is 45.2 Å². The van der Waals surface area contributed by atoms with Gasteiger partial charge in [-0.25, -0.2) is 0 Å². The van der Waals surface area contributed by atoms with E-state index in [4.69, 9.17) is 4.42 Å². The molecule has 1 aliphatic heterocycles. The van der Waals surface area contributed by atoms with Crippen LogP contribution >= 0.6 is 0 Å². The Morgan fingerprint density at radius 2 is 2.24 bits per heavy atom. The number of likely N-dealkylation sites (tertiary alicyclic amines) is 1. The molecule has 3 rings (SSSR count). The Morgan fingerprint density at radius 1 is 1.40 bits per heavy atom. The number of hydrogen-bond acceptors (Lipinski definition) is 5. The second-order valence-electron chi connectivity index (χ2n) is 6.68. The summed E-state index contributed by atoms with van der Waals surface area (Å²) in [5.74, 6) is 0.486. The molecule has 1 amide bonds. The fourth-order valence-electron chi connectivity index (χ4n) is 3.51. The molecule has 1 unspecified atom stereocenters. The summed E-state index contributed by atoms with van der Waals surface area (Å²) >= 11 is 0. The zero-order valence-corrected chi connectivity index (χ0v) is 15.1. The lowest BCUT2D eigenvalue weighted by atomic mass is 9.98. The first-order chi connectivity index (χ1) is 12.2. The van der Waals surface area contributed by atoms with Gasteiger partial charge in [0.25, 0.3) is 5.91 Å². The molecule has 7 heteroatoms. The fraction of sp³-hybridized carbons (Fsp3) is 0.611. The first-order valence-electron chi connectivity index (χ1n) is 9.12. The molecule has 0 radical (unpaired) electrons. The van der Waals surface area contributed by atoms with Crippen LogP contribution in [0.4, 0.5) is 0 Å². The van der Waals surface area contributed by atoms with E-state index in [9.17, 15) is 4.79 Å². The van der Waals surface area contributed by atoms with Gasteiger partial charge in [-0.1, -0.05) is 5.21 Å². The van der Waals surface area contributed by atoms with Crippen molar-refractivity contribution in [3.05, 3.63) is 36.0 Å². The predicted octanol–water partition coefficient (Wildman–Crippen LogP) is 2.27. The van der Waals surface area contributed by atoms with E-state index in [2.05, 4.69) is 15.2 Å². The molecule has 0 spiro atoms. The molecule has 136 valence electrons. The Hall–Kier alpha value is -2.15. The summed E-state index contributed by atoms with van der Waals surface area (Å²) in [6.45, 7) is 9.21. The number of hydrogen-bond donors (Lipinski definition) is 0. The summed E-state index contributed by atoms with van der Waals surface area (Å²) in [7, 11) is 0. The topological polar surface area (TPSA) is 67.4 Å². The van der Waals surface area contributed by atoms with Crippen molar-refractivity contribution in [1.29, 1.82) is 0 Å². The van der Waals surface area contributed by atoms with Crippen LogP contribution in [-0.4, -0.2) is 56.9 Å². The van der Waals surface area contributed by atoms with Crippen LogP contribution in [0, 0.1) is 5.92 Å². The monoisotopic (exact) mass is 345 g/mol. The highest BCUT2D eigenvalue weighted by atomic mass is 16.3. The predicted molar refractivity (Wildman–Crippen MR) is 94.0 cm³/mol. The second-order valence-corrected chi connectivity index (χ2v) is 6.68. The molecule has 0 aliphatic carbocycles. The van der Waals surface area contributed by atoms with E-state index in [1.54, 1.807) is 17.4 Å². The van der Waals surface area contributed by atoms with E-state index in [0.717, 1.165) is 26.2 Å². The van der Waals surface area contributed by atoms with Crippen molar-refractivity contribution in [2.45, 2.75) is 39.8 Å². The van der Waals surface area contributed by atoms with Crippen molar-refractivity contribution in [2.75, 3.05) is 26.2 Å². The molecule has 1 fully saturated rings. The Bertz CT molecular complexity index is 663. The van der Waals surface area contributed by atoms with Crippen LogP contribution in [0.15, 0.2) is 29.2 Å². The minimum absolute atomic E-state index is 0.0403. The summed E-state index contributed by atoms with van der Waals surface area (Å²) in [6, 6.07) is 2.02. The first-order valence-corrected chi connectivity index (χ1v) is 9.12. The van der Waals surface area contributed by atoms with Gasteiger partial charge in [-0.3, -0.25) is 14.4 Å². The van der Waals surface area contributed by atoms with Gasteiger partial charge in [-0.2, -0.15) is 0 Å². The van der Waals surface area contributed by atoms with Crippen molar-refractivity contribution < 1.29 is 9.21 Å². The molecule has 3 heterocycles. The molecule has 1 aliphatic rings. The van der Waals surface area contributed by atoms with Crippen molar-refractivity contribution in [3.63, 3.8) is 0 Å². The van der Waals surface area contributed by atoms with E-state index in [1.165, 1.54) is 18.4 Å². The summed E-state index contributed by atoms with van der Waals surface area (Å²) < 4.78 is 6.98. The number of carbonyl (C=O) groups excluding carboxylic acids is 1. The Kier molecular flexibility index (Phi) is 5.86. The molecule has 2 aromatic rings. The third-order valence-corrected chi connectivity index (χ3v) is 4.84. The molecule has 1 saturated heterocycles. The molecule has 0 N–H and O–H groups in total. The lowest BCUT2D eigenvalue weighted by Crippen LogP contribution is -2.36. The molecular weight excluding hydrogens is 318 g/mol. The molecule has 0 saturated carbocycles. The van der Waals surface area contributed by atoms with Gasteiger partial charge in [0.2, 0.25) is 0 Å². The van der Waals surface area contributed by atoms with Gasteiger partial charge >= 0.3 is 0 Å². The van der Waals surface area contributed by atoms with Gasteiger partial charge in [-0.15, -0.1) is 5.10 Å². The van der Waals surface area contributed by atoms with E-state index < -0.39 is 0 Å². The Balaban J connectivity index is 1.56. The maximum Gasteiger partial charge on any atom is 0.276 e. The average molecular weight is 345 g/mol. The summed E-state index contributed by atoms with van der Waals surface area (Å²) in [5.41, 5.74) is 1.66. The number of amides is 1. The van der Waals surface area contributed by atoms with Gasteiger partial charge in [0.05, 0.1) is 18.7 Å². The zero-order valence-electron chi connectivity index (χ0n) is 15.1. The van der Waals surface area contributed by atoms with E-state index in [1.807, 2.05) is 30.9 Å². The third-order valence-electron chi connectivity index (χ3n) is 4.84. The number of furan rings is 1. The Labute approximate surface area is 148 Å². The third kappa shape index (κ3) is 4.48. The molecular formula is C18H27N5O2. The molecule has 7 nitrogen and oxygen atoms in total. The van der Waals surface area contributed by atoms with Crippen LogP contribution in [0.5, 0.6) is 0 Å². The SMILES string of the molecule is CCN(CC)C(=O)c1cn(CC2CCCN(Cc3ccoc3)C2)nn1. The number of rotatable bonds is 7. The Morgan fingerprint density at radius 3 is 2.96 bits per heavy atom. The lowest BCUT2D eigenvalue weighted by molar-refractivity contribution is 0.0767. The van der Waals surface area contributed by atoms with Crippen LogP contribution in [0.25, 0.3) is 0 Å². The minimum Gasteiger partial charge on any atom is -0.472 e. The van der Waals surface area contributed by atoms with Crippen LogP contribution in [0.3, 0.4) is 0 Å². The number of carbonyl (C=O) groups is 1. The van der Waals surface area contributed by atoms with Crippen molar-refractivity contribution in [2.24, 2.45) is 5.92 Å². The smallest absolute Gasteiger partial charge is 0.276 e. The highest BCUT2D eigenvalue weighted by molar-refractivity contribution is 5.91. The molecule has 2 aromatic heterocycles. The minimum atomic E-state index is -0.0403. The van der Waals surface area contributed by atoms with E-state index >= 15 is 0 Å². The second kappa shape index (κ2) is 8.29. The summed E-state index contributed by atoms with van der Waals surface area (Å²) in [5, 5.41) is 8.24.